The van der Waals surface area contributed by atoms with Crippen LogP contribution in [0.2, 0.25) is 0 Å². The van der Waals surface area contributed by atoms with Crippen LogP contribution < -0.4 is 5.73 Å². The first-order valence-electron chi connectivity index (χ1n) is 6.61. The molecule has 20 heavy (non-hydrogen) atoms. The lowest BCUT2D eigenvalue weighted by molar-refractivity contribution is 0.0705. The van der Waals surface area contributed by atoms with Crippen molar-refractivity contribution in [2.45, 2.75) is 13.1 Å². The predicted molar refractivity (Wildman–Crippen MR) is 77.1 cm³/mol. The van der Waals surface area contributed by atoms with Gasteiger partial charge in [-0.05, 0) is 11.1 Å². The van der Waals surface area contributed by atoms with E-state index < -0.39 is 10.2 Å². The quantitative estimate of drug-likeness (QED) is 0.840. The van der Waals surface area contributed by atoms with Crippen molar-refractivity contribution in [3.63, 3.8) is 0 Å². The number of benzene rings is 1. The number of morpholine rings is 1. The van der Waals surface area contributed by atoms with Gasteiger partial charge in [0.25, 0.3) is 10.2 Å². The zero-order valence-electron chi connectivity index (χ0n) is 11.7. The van der Waals surface area contributed by atoms with Crippen LogP contribution in [0.25, 0.3) is 0 Å². The van der Waals surface area contributed by atoms with E-state index in [1.165, 1.54) is 8.61 Å². The van der Waals surface area contributed by atoms with E-state index >= 15 is 0 Å². The summed E-state index contributed by atoms with van der Waals surface area (Å²) in [6, 6.07) is 7.66. The van der Waals surface area contributed by atoms with Gasteiger partial charge in [-0.25, -0.2) is 0 Å². The maximum atomic E-state index is 12.4. The molecule has 0 spiro atoms. The number of nitrogens with two attached hydrogens (primary N) is 1. The summed E-state index contributed by atoms with van der Waals surface area (Å²) >= 11 is 0. The lowest BCUT2D eigenvalue weighted by Crippen LogP contribution is -2.47. The molecule has 0 saturated carbocycles. The first-order valence-corrected chi connectivity index (χ1v) is 8.01. The molecule has 6 nitrogen and oxygen atoms in total. The van der Waals surface area contributed by atoms with Gasteiger partial charge in [0, 0.05) is 33.2 Å². The molecule has 0 amide bonds. The Kier molecular flexibility index (Phi) is 5.11. The third kappa shape index (κ3) is 3.56. The number of hydrogen-bond donors (Lipinski definition) is 1. The Labute approximate surface area is 120 Å². The van der Waals surface area contributed by atoms with Gasteiger partial charge in [-0.3, -0.25) is 0 Å². The molecule has 1 aromatic carbocycles. The van der Waals surface area contributed by atoms with Gasteiger partial charge in [0.2, 0.25) is 0 Å². The molecule has 0 bridgehead atoms. The van der Waals surface area contributed by atoms with Gasteiger partial charge in [-0.1, -0.05) is 24.3 Å². The summed E-state index contributed by atoms with van der Waals surface area (Å²) in [5.74, 6) is 0. The van der Waals surface area contributed by atoms with Crippen molar-refractivity contribution in [2.75, 3.05) is 33.4 Å². The molecule has 0 atom stereocenters. The Morgan fingerprint density at radius 1 is 1.20 bits per heavy atom. The SMILES string of the molecule is CN(Cc1ccc(CN)cc1)S(=O)(=O)N1CCOCC1. The molecule has 0 unspecified atom stereocenters. The van der Waals surface area contributed by atoms with E-state index in [1.54, 1.807) is 7.05 Å². The lowest BCUT2D eigenvalue weighted by atomic mass is 10.1. The van der Waals surface area contributed by atoms with Crippen LogP contribution in [-0.4, -0.2) is 50.4 Å². The Balaban J connectivity index is 2.03. The molecule has 0 aliphatic carbocycles. The van der Waals surface area contributed by atoms with E-state index in [4.69, 9.17) is 10.5 Å². The maximum absolute atomic E-state index is 12.4. The van der Waals surface area contributed by atoms with Crippen molar-refractivity contribution < 1.29 is 13.2 Å². The van der Waals surface area contributed by atoms with Crippen LogP contribution in [0.3, 0.4) is 0 Å². The maximum Gasteiger partial charge on any atom is 0.282 e. The van der Waals surface area contributed by atoms with Crippen LogP contribution in [0.15, 0.2) is 24.3 Å². The van der Waals surface area contributed by atoms with Crippen LogP contribution in [0, 0.1) is 0 Å². The second-order valence-electron chi connectivity index (χ2n) is 4.80. The Hall–Kier alpha value is -0.990. The summed E-state index contributed by atoms with van der Waals surface area (Å²) < 4.78 is 32.8. The van der Waals surface area contributed by atoms with Crippen LogP contribution in [0.5, 0.6) is 0 Å². The minimum Gasteiger partial charge on any atom is -0.379 e. The van der Waals surface area contributed by atoms with Crippen LogP contribution in [0.1, 0.15) is 11.1 Å². The average Bonchev–Trinajstić information content (AvgIpc) is 2.49. The highest BCUT2D eigenvalue weighted by molar-refractivity contribution is 7.86. The lowest BCUT2D eigenvalue weighted by Gasteiger charge is -2.30. The first-order chi connectivity index (χ1) is 9.54. The molecular formula is C13H21N3O3S. The highest BCUT2D eigenvalue weighted by atomic mass is 32.2. The van der Waals surface area contributed by atoms with Crippen molar-refractivity contribution in [1.29, 1.82) is 0 Å². The molecule has 0 aromatic heterocycles. The van der Waals surface area contributed by atoms with E-state index in [0.717, 1.165) is 11.1 Å². The summed E-state index contributed by atoms with van der Waals surface area (Å²) in [5, 5.41) is 0. The Bertz CT molecular complexity index is 524. The van der Waals surface area contributed by atoms with E-state index in [-0.39, 0.29) is 0 Å². The smallest absolute Gasteiger partial charge is 0.282 e. The molecule has 1 saturated heterocycles. The second kappa shape index (κ2) is 6.64. The normalized spacial score (nSPS) is 17.6. The van der Waals surface area contributed by atoms with Crippen LogP contribution in [0.4, 0.5) is 0 Å². The minimum atomic E-state index is -3.41. The summed E-state index contributed by atoms with van der Waals surface area (Å²) in [5.41, 5.74) is 7.52. The number of ether oxygens (including phenoxy) is 1. The highest BCUT2D eigenvalue weighted by Gasteiger charge is 2.28. The van der Waals surface area contributed by atoms with E-state index in [1.807, 2.05) is 24.3 Å². The van der Waals surface area contributed by atoms with Crippen LogP contribution >= 0.6 is 0 Å². The average molecular weight is 299 g/mol. The van der Waals surface area contributed by atoms with Gasteiger partial charge in [-0.2, -0.15) is 17.0 Å². The van der Waals surface area contributed by atoms with Gasteiger partial charge in [-0.15, -0.1) is 0 Å². The summed E-state index contributed by atoms with van der Waals surface area (Å²) in [7, 11) is -1.82. The van der Waals surface area contributed by atoms with Crippen molar-refractivity contribution in [1.82, 2.24) is 8.61 Å². The second-order valence-corrected chi connectivity index (χ2v) is 6.83. The predicted octanol–water partition coefficient (Wildman–Crippen LogP) is 0.154. The fourth-order valence-corrected chi connectivity index (χ4v) is 3.41. The molecular weight excluding hydrogens is 278 g/mol. The van der Waals surface area contributed by atoms with Crippen molar-refractivity contribution in [2.24, 2.45) is 5.73 Å². The fraction of sp³-hybridized carbons (Fsp3) is 0.538. The minimum absolute atomic E-state index is 0.352. The monoisotopic (exact) mass is 299 g/mol. The van der Waals surface area contributed by atoms with Gasteiger partial charge in [0.05, 0.1) is 13.2 Å². The fourth-order valence-electron chi connectivity index (χ4n) is 2.09. The van der Waals surface area contributed by atoms with Gasteiger partial charge in [0.15, 0.2) is 0 Å². The number of rotatable bonds is 5. The van der Waals surface area contributed by atoms with Gasteiger partial charge >= 0.3 is 0 Å². The third-order valence-electron chi connectivity index (χ3n) is 3.35. The van der Waals surface area contributed by atoms with Crippen molar-refractivity contribution in [3.05, 3.63) is 35.4 Å². The zero-order valence-corrected chi connectivity index (χ0v) is 12.5. The molecule has 2 N–H and O–H groups in total. The largest absolute Gasteiger partial charge is 0.379 e. The van der Waals surface area contributed by atoms with Gasteiger partial charge in [0.1, 0.15) is 0 Å². The Morgan fingerprint density at radius 3 is 2.30 bits per heavy atom. The third-order valence-corrected chi connectivity index (χ3v) is 5.29. The molecule has 2 rings (SSSR count). The standard InChI is InChI=1S/C13H21N3O3S/c1-15(11-13-4-2-12(10-14)3-5-13)20(17,18)16-6-8-19-9-7-16/h2-5H,6-11,14H2,1H3. The molecule has 1 aliphatic heterocycles. The van der Waals surface area contributed by atoms with E-state index in [2.05, 4.69) is 0 Å². The van der Waals surface area contributed by atoms with Crippen molar-refractivity contribution >= 4 is 10.2 Å². The molecule has 112 valence electrons. The van der Waals surface area contributed by atoms with E-state index in [0.29, 0.717) is 39.4 Å². The number of nitrogens with zero attached hydrogens (tertiary/aromatic N) is 2. The topological polar surface area (TPSA) is 75.9 Å². The van der Waals surface area contributed by atoms with Gasteiger partial charge < -0.3 is 10.5 Å². The molecule has 0 radical (unpaired) electrons. The first kappa shape index (κ1) is 15.4. The molecule has 7 heteroatoms. The Morgan fingerprint density at radius 2 is 1.75 bits per heavy atom. The molecule has 1 fully saturated rings. The summed E-state index contributed by atoms with van der Waals surface area (Å²) in [6.45, 7) is 2.58. The summed E-state index contributed by atoms with van der Waals surface area (Å²) in [4.78, 5) is 0. The van der Waals surface area contributed by atoms with E-state index in [9.17, 15) is 8.42 Å². The molecule has 1 heterocycles. The van der Waals surface area contributed by atoms with Crippen LogP contribution in [-0.2, 0) is 28.0 Å². The highest BCUT2D eigenvalue weighted by Crippen LogP contribution is 2.13. The molecule has 1 aliphatic rings. The zero-order chi connectivity index (χ0) is 14.6. The number of hydrogen-bond acceptors (Lipinski definition) is 4. The summed E-state index contributed by atoms with van der Waals surface area (Å²) in [6.07, 6.45) is 0. The van der Waals surface area contributed by atoms with Crippen molar-refractivity contribution in [3.8, 4) is 0 Å². The molecule has 1 aromatic rings.